The summed E-state index contributed by atoms with van der Waals surface area (Å²) in [7, 11) is -4.13. The van der Waals surface area contributed by atoms with Crippen LogP contribution in [-0.2, 0) is 21.0 Å². The summed E-state index contributed by atoms with van der Waals surface area (Å²) >= 11 is 0. The average Bonchev–Trinajstić information content (AvgIpc) is 3.25. The molecule has 1 fully saturated rings. The Balaban J connectivity index is 1.40. The van der Waals surface area contributed by atoms with Gasteiger partial charge in [0.25, 0.3) is 0 Å². The molecule has 4 rings (SSSR count). The molecule has 2 heterocycles. The zero-order valence-corrected chi connectivity index (χ0v) is 18.3. The minimum Gasteiger partial charge on any atom is -0.326 e. The predicted octanol–water partition coefficient (Wildman–Crippen LogP) is 3.09. The molecule has 0 aliphatic carbocycles. The minimum absolute atomic E-state index is 0.00309. The topological polar surface area (TPSA) is 125 Å². The van der Waals surface area contributed by atoms with E-state index < -0.39 is 38.3 Å². The van der Waals surface area contributed by atoms with E-state index in [2.05, 4.69) is 20.0 Å². The monoisotopic (exact) mass is 496 g/mol. The van der Waals surface area contributed by atoms with Crippen molar-refractivity contribution in [2.45, 2.75) is 23.9 Å². The van der Waals surface area contributed by atoms with Gasteiger partial charge in [-0.2, -0.15) is 17.5 Å². The zero-order chi connectivity index (χ0) is 24.5. The van der Waals surface area contributed by atoms with Crippen molar-refractivity contribution < 1.29 is 30.9 Å². The van der Waals surface area contributed by atoms with Gasteiger partial charge in [-0.15, -0.1) is 0 Å². The molecule has 0 bridgehead atoms. The Labute approximate surface area is 191 Å². The third-order valence-corrected chi connectivity index (χ3v) is 7.36. The van der Waals surface area contributed by atoms with Gasteiger partial charge >= 0.3 is 11.9 Å². The molecule has 2 aromatic carbocycles. The van der Waals surface area contributed by atoms with Crippen LogP contribution in [0.2, 0.25) is 0 Å². The van der Waals surface area contributed by atoms with Gasteiger partial charge in [-0.1, -0.05) is 23.4 Å². The molecule has 34 heavy (non-hydrogen) atoms. The fourth-order valence-electron chi connectivity index (χ4n) is 3.68. The highest BCUT2D eigenvalue weighted by atomic mass is 32.2. The van der Waals surface area contributed by atoms with E-state index in [4.69, 9.17) is 0 Å². The molecule has 180 valence electrons. The fraction of sp³-hybridized carbons (Fsp3) is 0.286. The summed E-state index contributed by atoms with van der Waals surface area (Å²) in [6.45, 7) is -0.00619. The van der Waals surface area contributed by atoms with Crippen LogP contribution in [0.15, 0.2) is 62.7 Å². The summed E-state index contributed by atoms with van der Waals surface area (Å²) in [4.78, 5) is 25.8. The first-order valence-corrected chi connectivity index (χ1v) is 11.6. The Hall–Kier alpha value is -3.45. The Morgan fingerprint density at radius 2 is 1.82 bits per heavy atom. The number of alkyl halides is 3. The maximum atomic E-state index is 13.0. The van der Waals surface area contributed by atoms with Crippen molar-refractivity contribution in [2.75, 3.05) is 18.4 Å². The van der Waals surface area contributed by atoms with E-state index in [9.17, 15) is 31.2 Å². The standard InChI is InChI=1S/C21H19F3N4O5S/c22-21(23,24)15-4-2-6-17(12-15)34(31,32)28-9-7-13(8-10-28)19(29)25-16-5-1-3-14(11-16)18-26-20(30)33-27-18/h1-6,11-13H,7-10H2,(H,25,29)(H,26,27,30). The fourth-order valence-corrected chi connectivity index (χ4v) is 5.20. The smallest absolute Gasteiger partial charge is 0.326 e. The van der Waals surface area contributed by atoms with E-state index >= 15 is 0 Å². The molecule has 1 amide bonds. The van der Waals surface area contributed by atoms with Gasteiger partial charge in [-0.25, -0.2) is 13.2 Å². The van der Waals surface area contributed by atoms with Crippen LogP contribution in [0, 0.1) is 5.92 Å². The van der Waals surface area contributed by atoms with E-state index in [0.717, 1.165) is 22.5 Å². The number of carbonyl (C=O) groups is 1. The van der Waals surface area contributed by atoms with Crippen LogP contribution in [0.25, 0.3) is 11.4 Å². The van der Waals surface area contributed by atoms with Gasteiger partial charge in [0.2, 0.25) is 15.9 Å². The van der Waals surface area contributed by atoms with Crippen LogP contribution >= 0.6 is 0 Å². The van der Waals surface area contributed by atoms with Crippen LogP contribution in [0.3, 0.4) is 0 Å². The second-order valence-electron chi connectivity index (χ2n) is 7.72. The first-order valence-electron chi connectivity index (χ1n) is 10.2. The largest absolute Gasteiger partial charge is 0.439 e. The van der Waals surface area contributed by atoms with Crippen molar-refractivity contribution in [3.05, 3.63) is 64.6 Å². The summed E-state index contributed by atoms with van der Waals surface area (Å²) in [5, 5.41) is 6.35. The Morgan fingerprint density at radius 3 is 2.47 bits per heavy atom. The molecule has 2 N–H and O–H groups in total. The van der Waals surface area contributed by atoms with E-state index in [1.54, 1.807) is 24.3 Å². The molecule has 13 heteroatoms. The van der Waals surface area contributed by atoms with Crippen LogP contribution in [-0.4, -0.2) is 41.9 Å². The highest BCUT2D eigenvalue weighted by Gasteiger charge is 2.35. The lowest BCUT2D eigenvalue weighted by Gasteiger charge is -2.30. The molecule has 0 unspecified atom stereocenters. The minimum atomic E-state index is -4.66. The number of aromatic amines is 1. The first-order chi connectivity index (χ1) is 16.0. The van der Waals surface area contributed by atoms with Crippen molar-refractivity contribution in [1.29, 1.82) is 0 Å². The van der Waals surface area contributed by atoms with Crippen LogP contribution in [0.1, 0.15) is 18.4 Å². The first kappa shape index (κ1) is 23.7. The number of hydrogen-bond donors (Lipinski definition) is 2. The number of anilines is 1. The average molecular weight is 496 g/mol. The molecule has 0 spiro atoms. The van der Waals surface area contributed by atoms with Crippen molar-refractivity contribution >= 4 is 21.6 Å². The predicted molar refractivity (Wildman–Crippen MR) is 114 cm³/mol. The van der Waals surface area contributed by atoms with Crippen LogP contribution in [0.4, 0.5) is 18.9 Å². The second-order valence-corrected chi connectivity index (χ2v) is 9.66. The number of sulfonamides is 1. The molecular weight excluding hydrogens is 477 g/mol. The number of amides is 1. The molecule has 1 aliphatic heterocycles. The molecule has 0 atom stereocenters. The lowest BCUT2D eigenvalue weighted by Crippen LogP contribution is -2.41. The molecular formula is C21H19F3N4O5S. The van der Waals surface area contributed by atoms with Gasteiger partial charge in [0.1, 0.15) is 0 Å². The van der Waals surface area contributed by atoms with Gasteiger partial charge < -0.3 is 5.32 Å². The van der Waals surface area contributed by atoms with Crippen molar-refractivity contribution in [3.8, 4) is 11.4 Å². The number of nitrogens with zero attached hydrogens (tertiary/aromatic N) is 2. The summed E-state index contributed by atoms with van der Waals surface area (Å²) < 4.78 is 70.1. The van der Waals surface area contributed by atoms with E-state index in [0.29, 0.717) is 17.3 Å². The Kier molecular flexibility index (Phi) is 6.32. The number of nitrogens with one attached hydrogen (secondary N) is 2. The number of piperidine rings is 1. The summed E-state index contributed by atoms with van der Waals surface area (Å²) in [6.07, 6.45) is -4.24. The highest BCUT2D eigenvalue weighted by molar-refractivity contribution is 7.89. The zero-order valence-electron chi connectivity index (χ0n) is 17.5. The van der Waals surface area contributed by atoms with Crippen molar-refractivity contribution in [3.63, 3.8) is 0 Å². The van der Waals surface area contributed by atoms with Crippen LogP contribution in [0.5, 0.6) is 0 Å². The summed E-state index contributed by atoms with van der Waals surface area (Å²) in [5.74, 6) is -1.31. The summed E-state index contributed by atoms with van der Waals surface area (Å²) in [6, 6.07) is 10.2. The lowest BCUT2D eigenvalue weighted by molar-refractivity contribution is -0.137. The van der Waals surface area contributed by atoms with Crippen molar-refractivity contribution in [1.82, 2.24) is 14.4 Å². The summed E-state index contributed by atoms with van der Waals surface area (Å²) in [5.41, 5.74) is -0.0734. The lowest BCUT2D eigenvalue weighted by atomic mass is 9.97. The quantitative estimate of drug-likeness (QED) is 0.559. The van der Waals surface area contributed by atoms with Gasteiger partial charge in [-0.3, -0.25) is 14.3 Å². The second kappa shape index (κ2) is 9.06. The van der Waals surface area contributed by atoms with E-state index in [1.165, 1.54) is 0 Å². The number of carbonyl (C=O) groups excluding carboxylic acids is 1. The van der Waals surface area contributed by atoms with Gasteiger partial charge in [-0.05, 0) is 43.2 Å². The van der Waals surface area contributed by atoms with Crippen LogP contribution < -0.4 is 11.1 Å². The maximum Gasteiger partial charge on any atom is 0.439 e. The number of H-pyrrole nitrogens is 1. The third kappa shape index (κ3) is 5.04. The highest BCUT2D eigenvalue weighted by Crippen LogP contribution is 2.32. The van der Waals surface area contributed by atoms with Gasteiger partial charge in [0, 0.05) is 30.3 Å². The van der Waals surface area contributed by atoms with E-state index in [1.807, 2.05) is 0 Å². The number of aromatic nitrogens is 2. The number of hydrogen-bond acceptors (Lipinski definition) is 6. The molecule has 1 aliphatic rings. The SMILES string of the molecule is O=C(Nc1cccc(-c2noc(=O)[nH]2)c1)C1CCN(S(=O)(=O)c2cccc(C(F)(F)F)c2)CC1. The molecule has 1 aromatic heterocycles. The van der Waals surface area contributed by atoms with Gasteiger partial charge in [0.05, 0.1) is 10.5 Å². The normalized spacial score (nSPS) is 15.9. The Bertz CT molecular complexity index is 1360. The molecule has 0 saturated carbocycles. The number of benzene rings is 2. The van der Waals surface area contributed by atoms with E-state index in [-0.39, 0.29) is 37.7 Å². The van der Waals surface area contributed by atoms with Crippen molar-refractivity contribution in [2.24, 2.45) is 5.92 Å². The third-order valence-electron chi connectivity index (χ3n) is 5.47. The number of rotatable bonds is 5. The molecule has 3 aromatic rings. The molecule has 0 radical (unpaired) electrons. The van der Waals surface area contributed by atoms with Gasteiger partial charge in [0.15, 0.2) is 5.82 Å². The maximum absolute atomic E-state index is 13.0. The molecule has 1 saturated heterocycles. The Morgan fingerprint density at radius 1 is 1.12 bits per heavy atom. The number of halogens is 3. The molecule has 9 nitrogen and oxygen atoms in total.